The Balaban J connectivity index is 2.26. The molecule has 22 heavy (non-hydrogen) atoms. The van der Waals surface area contributed by atoms with Crippen LogP contribution in [0.4, 0.5) is 11.8 Å². The maximum atomic E-state index is 5.90. The number of methoxy groups -OCH3 is 2. The van der Waals surface area contributed by atoms with Crippen molar-refractivity contribution in [2.75, 3.05) is 25.7 Å². The van der Waals surface area contributed by atoms with Gasteiger partial charge in [0, 0.05) is 5.56 Å². The van der Waals surface area contributed by atoms with Gasteiger partial charge >= 0.3 is 0 Å². The van der Waals surface area contributed by atoms with Crippen LogP contribution >= 0.6 is 0 Å². The van der Waals surface area contributed by atoms with E-state index in [1.54, 1.807) is 14.2 Å². The van der Waals surface area contributed by atoms with Crippen molar-refractivity contribution in [1.82, 2.24) is 15.2 Å². The molecule has 0 unspecified atom stereocenters. The summed E-state index contributed by atoms with van der Waals surface area (Å²) in [7, 11) is 3.21. The second-order valence-corrected chi connectivity index (χ2v) is 4.67. The van der Waals surface area contributed by atoms with Crippen molar-refractivity contribution < 1.29 is 9.47 Å². The number of fused-ring (bicyclic) bond motifs is 1. The highest BCUT2D eigenvalue weighted by molar-refractivity contribution is 5.92. The fraction of sp³-hybridized carbons (Fsp3) is 0.133. The molecule has 4 N–H and O–H groups in total. The van der Waals surface area contributed by atoms with Crippen molar-refractivity contribution in [3.8, 4) is 22.8 Å². The molecule has 1 aromatic heterocycles. The predicted molar refractivity (Wildman–Crippen MR) is 84.7 cm³/mol. The summed E-state index contributed by atoms with van der Waals surface area (Å²) >= 11 is 0. The smallest absolute Gasteiger partial charge is 0.242 e. The van der Waals surface area contributed by atoms with E-state index in [4.69, 9.17) is 20.9 Å². The quantitative estimate of drug-likeness (QED) is 0.759. The van der Waals surface area contributed by atoms with Gasteiger partial charge in [0.15, 0.2) is 5.82 Å². The highest BCUT2D eigenvalue weighted by Crippen LogP contribution is 2.36. The van der Waals surface area contributed by atoms with Gasteiger partial charge < -0.3 is 20.9 Å². The molecule has 0 aliphatic carbocycles. The number of ether oxygens (including phenoxy) is 2. The summed E-state index contributed by atoms with van der Waals surface area (Å²) < 4.78 is 10.7. The van der Waals surface area contributed by atoms with Gasteiger partial charge in [0.25, 0.3) is 0 Å². The minimum atomic E-state index is 0.0303. The molecule has 0 saturated carbocycles. The van der Waals surface area contributed by atoms with E-state index in [0.29, 0.717) is 17.0 Å². The van der Waals surface area contributed by atoms with Crippen LogP contribution in [0.1, 0.15) is 0 Å². The molecule has 7 nitrogen and oxygen atoms in total. The number of hydrogen-bond acceptors (Lipinski definition) is 7. The molecule has 0 radical (unpaired) electrons. The summed E-state index contributed by atoms with van der Waals surface area (Å²) in [6.45, 7) is 0. The van der Waals surface area contributed by atoms with Crippen molar-refractivity contribution >= 4 is 22.5 Å². The van der Waals surface area contributed by atoms with E-state index in [9.17, 15) is 0 Å². The third kappa shape index (κ3) is 2.32. The van der Waals surface area contributed by atoms with Crippen LogP contribution in [0.5, 0.6) is 11.5 Å². The largest absolute Gasteiger partial charge is 0.497 e. The van der Waals surface area contributed by atoms with Gasteiger partial charge in [-0.25, -0.2) is 0 Å². The Morgan fingerprint density at radius 3 is 2.41 bits per heavy atom. The number of anilines is 2. The van der Waals surface area contributed by atoms with Crippen LogP contribution in [0.3, 0.4) is 0 Å². The molecule has 112 valence electrons. The number of nitrogens with zero attached hydrogens (tertiary/aromatic N) is 3. The predicted octanol–water partition coefficient (Wildman–Crippen LogP) is 1.87. The molecule has 1 heterocycles. The SMILES string of the molecule is COc1ccc2cc(OC)c(-c3nnc(N)nc3N)cc2c1. The zero-order valence-electron chi connectivity index (χ0n) is 12.2. The molecule has 0 amide bonds. The van der Waals surface area contributed by atoms with Gasteiger partial charge in [-0.1, -0.05) is 6.07 Å². The van der Waals surface area contributed by atoms with Gasteiger partial charge in [-0.15, -0.1) is 10.2 Å². The normalized spacial score (nSPS) is 10.6. The third-order valence-corrected chi connectivity index (χ3v) is 3.35. The van der Waals surface area contributed by atoms with Crippen molar-refractivity contribution in [2.24, 2.45) is 0 Å². The Kier molecular flexibility index (Phi) is 3.38. The van der Waals surface area contributed by atoms with Crippen molar-refractivity contribution in [2.45, 2.75) is 0 Å². The van der Waals surface area contributed by atoms with E-state index in [0.717, 1.165) is 16.5 Å². The average Bonchev–Trinajstić information content (AvgIpc) is 2.53. The average molecular weight is 297 g/mol. The molecule has 0 fully saturated rings. The van der Waals surface area contributed by atoms with E-state index in [-0.39, 0.29) is 11.8 Å². The molecule has 0 saturated heterocycles. The van der Waals surface area contributed by atoms with Gasteiger partial charge in [-0.3, -0.25) is 0 Å². The highest BCUT2D eigenvalue weighted by Gasteiger charge is 2.14. The summed E-state index contributed by atoms with van der Waals surface area (Å²) in [6.07, 6.45) is 0. The number of nitrogens with two attached hydrogens (primary N) is 2. The van der Waals surface area contributed by atoms with E-state index in [1.807, 2.05) is 30.3 Å². The molecule has 0 bridgehead atoms. The van der Waals surface area contributed by atoms with Crippen LogP contribution in [0.25, 0.3) is 22.0 Å². The van der Waals surface area contributed by atoms with Gasteiger partial charge in [0.2, 0.25) is 5.95 Å². The van der Waals surface area contributed by atoms with E-state index >= 15 is 0 Å². The lowest BCUT2D eigenvalue weighted by atomic mass is 10.0. The Morgan fingerprint density at radius 1 is 0.909 bits per heavy atom. The van der Waals surface area contributed by atoms with Gasteiger partial charge in [-0.2, -0.15) is 4.98 Å². The molecule has 3 aromatic rings. The minimum Gasteiger partial charge on any atom is -0.497 e. The number of hydrogen-bond donors (Lipinski definition) is 2. The van der Waals surface area contributed by atoms with E-state index < -0.39 is 0 Å². The summed E-state index contributed by atoms with van der Waals surface area (Å²) in [6, 6.07) is 9.58. The summed E-state index contributed by atoms with van der Waals surface area (Å²) in [4.78, 5) is 3.94. The topological polar surface area (TPSA) is 109 Å². The molecule has 2 aromatic carbocycles. The Bertz CT molecular complexity index is 851. The van der Waals surface area contributed by atoms with E-state index in [2.05, 4.69) is 15.2 Å². The number of aromatic nitrogens is 3. The summed E-state index contributed by atoms with van der Waals surface area (Å²) in [5.74, 6) is 1.62. The van der Waals surface area contributed by atoms with E-state index in [1.165, 1.54) is 0 Å². The van der Waals surface area contributed by atoms with Gasteiger partial charge in [0.1, 0.15) is 17.2 Å². The van der Waals surface area contributed by atoms with Crippen LogP contribution in [0, 0.1) is 0 Å². The summed E-state index contributed by atoms with van der Waals surface area (Å²) in [5, 5.41) is 9.77. The Hall–Kier alpha value is -3.09. The lowest BCUT2D eigenvalue weighted by molar-refractivity contribution is 0.414. The van der Waals surface area contributed by atoms with Crippen molar-refractivity contribution in [1.29, 1.82) is 0 Å². The van der Waals surface area contributed by atoms with Gasteiger partial charge in [-0.05, 0) is 35.0 Å². The minimum absolute atomic E-state index is 0.0303. The molecule has 3 rings (SSSR count). The summed E-state index contributed by atoms with van der Waals surface area (Å²) in [5.41, 5.74) is 12.5. The monoisotopic (exact) mass is 297 g/mol. The number of rotatable bonds is 3. The molecule has 0 atom stereocenters. The lowest BCUT2D eigenvalue weighted by Crippen LogP contribution is -2.05. The first-order chi connectivity index (χ1) is 10.6. The molecule has 7 heteroatoms. The second-order valence-electron chi connectivity index (χ2n) is 4.67. The molecule has 0 aliphatic heterocycles. The number of benzene rings is 2. The van der Waals surface area contributed by atoms with Crippen LogP contribution in [0.2, 0.25) is 0 Å². The molecular weight excluding hydrogens is 282 g/mol. The standard InChI is InChI=1S/C15H15N5O2/c1-21-10-4-3-8-7-12(22-2)11(6-9(8)5-10)13-14(16)18-15(17)20-19-13/h3-7H,1-2H3,(H4,16,17,18,20). The highest BCUT2D eigenvalue weighted by atomic mass is 16.5. The lowest BCUT2D eigenvalue weighted by Gasteiger charge is -2.11. The number of nitrogen functional groups attached to an aromatic ring is 2. The zero-order valence-corrected chi connectivity index (χ0v) is 12.2. The third-order valence-electron chi connectivity index (χ3n) is 3.35. The van der Waals surface area contributed by atoms with Crippen LogP contribution in [-0.4, -0.2) is 29.4 Å². The Labute approximate surface area is 126 Å². The Morgan fingerprint density at radius 2 is 1.73 bits per heavy atom. The van der Waals surface area contributed by atoms with Crippen LogP contribution in [-0.2, 0) is 0 Å². The maximum Gasteiger partial charge on any atom is 0.242 e. The van der Waals surface area contributed by atoms with Crippen LogP contribution in [0.15, 0.2) is 30.3 Å². The fourth-order valence-corrected chi connectivity index (χ4v) is 2.28. The fourth-order valence-electron chi connectivity index (χ4n) is 2.28. The van der Waals surface area contributed by atoms with Gasteiger partial charge in [0.05, 0.1) is 14.2 Å². The van der Waals surface area contributed by atoms with Crippen LogP contribution < -0.4 is 20.9 Å². The van der Waals surface area contributed by atoms with Crippen molar-refractivity contribution in [3.63, 3.8) is 0 Å². The maximum absolute atomic E-state index is 5.90. The van der Waals surface area contributed by atoms with Crippen molar-refractivity contribution in [3.05, 3.63) is 30.3 Å². The first-order valence-electron chi connectivity index (χ1n) is 6.54. The molecule has 0 aliphatic rings. The molecular formula is C15H15N5O2. The first kappa shape index (κ1) is 13.9. The first-order valence-corrected chi connectivity index (χ1v) is 6.54. The second kappa shape index (κ2) is 5.36. The zero-order chi connectivity index (χ0) is 15.7. The molecule has 0 spiro atoms.